The average Bonchev–Trinajstić information content (AvgIpc) is 3.05. The zero-order valence-corrected chi connectivity index (χ0v) is 13.8. The summed E-state index contributed by atoms with van der Waals surface area (Å²) in [7, 11) is -3.91. The fraction of sp³-hybridized carbons (Fsp3) is 0. The summed E-state index contributed by atoms with van der Waals surface area (Å²) in [4.78, 5) is 8.21. The Balaban J connectivity index is 2.06. The fourth-order valence-electron chi connectivity index (χ4n) is 2.61. The molecule has 2 aromatic heterocycles. The predicted molar refractivity (Wildman–Crippen MR) is 94.2 cm³/mol. The van der Waals surface area contributed by atoms with Gasteiger partial charge in [-0.15, -0.1) is 4.09 Å². The van der Waals surface area contributed by atoms with Crippen LogP contribution < -0.4 is 5.73 Å². The molecule has 4 rings (SSSR count). The first kappa shape index (κ1) is 15.3. The molecule has 7 nitrogen and oxygen atoms in total. The van der Waals surface area contributed by atoms with Crippen molar-refractivity contribution in [3.63, 3.8) is 0 Å². The van der Waals surface area contributed by atoms with Crippen LogP contribution in [0.1, 0.15) is 0 Å². The number of aromatic nitrogens is 4. The maximum Gasteiger partial charge on any atom is 0.284 e. The molecule has 0 unspecified atom stereocenters. The second-order valence-electron chi connectivity index (χ2n) is 5.33. The van der Waals surface area contributed by atoms with Crippen LogP contribution in [0.15, 0.2) is 71.9 Å². The lowest BCUT2D eigenvalue weighted by Crippen LogP contribution is -2.15. The van der Waals surface area contributed by atoms with E-state index in [1.807, 2.05) is 30.3 Å². The van der Waals surface area contributed by atoms with Gasteiger partial charge in [-0.2, -0.15) is 13.5 Å². The highest BCUT2D eigenvalue weighted by Crippen LogP contribution is 2.31. The smallest absolute Gasteiger partial charge is 0.284 e. The summed E-state index contributed by atoms with van der Waals surface area (Å²) >= 11 is 0. The first-order valence-corrected chi connectivity index (χ1v) is 8.88. The summed E-state index contributed by atoms with van der Waals surface area (Å²) in [6, 6.07) is 17.3. The monoisotopic (exact) mass is 351 g/mol. The van der Waals surface area contributed by atoms with E-state index in [-0.39, 0.29) is 16.4 Å². The van der Waals surface area contributed by atoms with Crippen molar-refractivity contribution in [2.24, 2.45) is 0 Å². The molecule has 2 aromatic carbocycles. The number of hydrogen-bond acceptors (Lipinski definition) is 6. The number of nitrogen functional groups attached to an aromatic ring is 1. The van der Waals surface area contributed by atoms with E-state index in [0.717, 1.165) is 9.65 Å². The summed E-state index contributed by atoms with van der Waals surface area (Å²) in [6.45, 7) is 0. The van der Waals surface area contributed by atoms with E-state index >= 15 is 0 Å². The molecular weight excluding hydrogens is 338 g/mol. The van der Waals surface area contributed by atoms with Gasteiger partial charge in [-0.1, -0.05) is 48.5 Å². The van der Waals surface area contributed by atoms with Gasteiger partial charge in [-0.05, 0) is 12.1 Å². The summed E-state index contributed by atoms with van der Waals surface area (Å²) < 4.78 is 26.9. The van der Waals surface area contributed by atoms with Gasteiger partial charge in [0.2, 0.25) is 0 Å². The molecule has 0 aliphatic carbocycles. The van der Waals surface area contributed by atoms with Crippen molar-refractivity contribution in [3.8, 4) is 11.3 Å². The second kappa shape index (κ2) is 5.67. The quantitative estimate of drug-likeness (QED) is 0.607. The zero-order chi connectivity index (χ0) is 17.4. The van der Waals surface area contributed by atoms with Gasteiger partial charge in [-0.3, -0.25) is 0 Å². The zero-order valence-electron chi connectivity index (χ0n) is 12.9. The molecule has 4 aromatic rings. The van der Waals surface area contributed by atoms with Crippen molar-refractivity contribution in [2.75, 3.05) is 5.73 Å². The number of nitrogens with zero attached hydrogens (tertiary/aromatic N) is 4. The van der Waals surface area contributed by atoms with Crippen molar-refractivity contribution in [2.45, 2.75) is 4.90 Å². The van der Waals surface area contributed by atoms with Crippen LogP contribution in [0.3, 0.4) is 0 Å². The number of nitrogens with two attached hydrogens (primary N) is 1. The molecule has 0 saturated carbocycles. The Morgan fingerprint density at radius 1 is 0.880 bits per heavy atom. The molecule has 0 aliphatic heterocycles. The molecule has 0 atom stereocenters. The second-order valence-corrected chi connectivity index (χ2v) is 7.10. The van der Waals surface area contributed by atoms with E-state index in [0.29, 0.717) is 11.1 Å². The van der Waals surface area contributed by atoms with Gasteiger partial charge < -0.3 is 5.73 Å². The van der Waals surface area contributed by atoms with Crippen LogP contribution in [-0.4, -0.2) is 27.6 Å². The third-order valence-corrected chi connectivity index (χ3v) is 5.36. The molecule has 2 N–H and O–H groups in total. The van der Waals surface area contributed by atoms with Gasteiger partial charge in [0.1, 0.15) is 17.8 Å². The summed E-state index contributed by atoms with van der Waals surface area (Å²) in [5, 5.41) is 4.73. The standard InChI is InChI=1S/C17H13N5O2S/c18-16-14-15(12-7-3-1-4-8-12)21-22(17(14)20-11-19-16)25(23,24)13-9-5-2-6-10-13/h1-11H,(H2,18,19,20). The lowest BCUT2D eigenvalue weighted by atomic mass is 10.1. The number of rotatable bonds is 3. The molecule has 0 saturated heterocycles. The van der Waals surface area contributed by atoms with Crippen LogP contribution >= 0.6 is 0 Å². The topological polar surface area (TPSA) is 104 Å². The number of fused-ring (bicyclic) bond motifs is 1. The summed E-state index contributed by atoms with van der Waals surface area (Å²) in [5.74, 6) is 0.179. The Labute approximate surface area is 143 Å². The Bertz CT molecular complexity index is 1160. The lowest BCUT2D eigenvalue weighted by molar-refractivity contribution is 0.582. The van der Waals surface area contributed by atoms with Gasteiger partial charge in [0.15, 0.2) is 5.65 Å². The van der Waals surface area contributed by atoms with Gasteiger partial charge in [0.25, 0.3) is 10.0 Å². The predicted octanol–water partition coefficient (Wildman–Crippen LogP) is 2.31. The molecule has 25 heavy (non-hydrogen) atoms. The van der Waals surface area contributed by atoms with Gasteiger partial charge in [-0.25, -0.2) is 9.97 Å². The van der Waals surface area contributed by atoms with Gasteiger partial charge in [0, 0.05) is 5.56 Å². The minimum Gasteiger partial charge on any atom is -0.383 e. The van der Waals surface area contributed by atoms with E-state index in [1.165, 1.54) is 18.5 Å². The largest absolute Gasteiger partial charge is 0.383 e. The SMILES string of the molecule is Nc1ncnc2c1c(-c1ccccc1)nn2S(=O)(=O)c1ccccc1. The maximum atomic E-state index is 13.0. The molecule has 0 aliphatic rings. The third-order valence-electron chi connectivity index (χ3n) is 3.78. The average molecular weight is 351 g/mol. The van der Waals surface area contributed by atoms with Crippen molar-refractivity contribution in [1.29, 1.82) is 0 Å². The van der Waals surface area contributed by atoms with Gasteiger partial charge in [0.05, 0.1) is 10.3 Å². The molecule has 0 bridgehead atoms. The number of hydrogen-bond donors (Lipinski definition) is 1. The summed E-state index contributed by atoms with van der Waals surface area (Å²) in [5.41, 5.74) is 7.30. The van der Waals surface area contributed by atoms with Crippen molar-refractivity contribution >= 4 is 26.9 Å². The Kier molecular flexibility index (Phi) is 3.47. The lowest BCUT2D eigenvalue weighted by Gasteiger charge is -2.04. The van der Waals surface area contributed by atoms with Crippen LogP contribution in [-0.2, 0) is 10.0 Å². The maximum absolute atomic E-state index is 13.0. The Morgan fingerprint density at radius 3 is 2.20 bits per heavy atom. The highest BCUT2D eigenvalue weighted by Gasteiger charge is 2.25. The molecule has 0 amide bonds. The van der Waals surface area contributed by atoms with E-state index < -0.39 is 10.0 Å². The minimum atomic E-state index is -3.91. The first-order valence-electron chi connectivity index (χ1n) is 7.44. The van der Waals surface area contributed by atoms with Crippen molar-refractivity contribution in [3.05, 3.63) is 67.0 Å². The molecule has 8 heteroatoms. The normalized spacial score (nSPS) is 11.7. The Hall–Kier alpha value is -3.26. The third kappa shape index (κ3) is 2.43. The van der Waals surface area contributed by atoms with Crippen molar-refractivity contribution in [1.82, 2.24) is 19.2 Å². The van der Waals surface area contributed by atoms with E-state index in [1.54, 1.807) is 18.2 Å². The molecular formula is C17H13N5O2S. The van der Waals surface area contributed by atoms with Crippen LogP contribution in [0, 0.1) is 0 Å². The minimum absolute atomic E-state index is 0.121. The van der Waals surface area contributed by atoms with Crippen LogP contribution in [0.2, 0.25) is 0 Å². The Morgan fingerprint density at radius 2 is 1.52 bits per heavy atom. The van der Waals surface area contributed by atoms with E-state index in [4.69, 9.17) is 5.73 Å². The van der Waals surface area contributed by atoms with Crippen molar-refractivity contribution < 1.29 is 8.42 Å². The fourth-order valence-corrected chi connectivity index (χ4v) is 3.86. The highest BCUT2D eigenvalue weighted by molar-refractivity contribution is 7.90. The molecule has 124 valence electrons. The van der Waals surface area contributed by atoms with E-state index in [2.05, 4.69) is 15.1 Å². The number of benzene rings is 2. The summed E-state index contributed by atoms with van der Waals surface area (Å²) in [6.07, 6.45) is 1.23. The highest BCUT2D eigenvalue weighted by atomic mass is 32.2. The van der Waals surface area contributed by atoms with Crippen LogP contribution in [0.4, 0.5) is 5.82 Å². The van der Waals surface area contributed by atoms with Crippen LogP contribution in [0.25, 0.3) is 22.3 Å². The van der Waals surface area contributed by atoms with Gasteiger partial charge >= 0.3 is 0 Å². The number of anilines is 1. The molecule has 0 spiro atoms. The van der Waals surface area contributed by atoms with E-state index in [9.17, 15) is 8.42 Å². The molecule has 0 radical (unpaired) electrons. The first-order chi connectivity index (χ1) is 12.1. The van der Waals surface area contributed by atoms with Crippen LogP contribution in [0.5, 0.6) is 0 Å². The molecule has 0 fully saturated rings. The molecule has 2 heterocycles.